The summed E-state index contributed by atoms with van der Waals surface area (Å²) in [5, 5.41) is 17.5. The van der Waals surface area contributed by atoms with Crippen LogP contribution < -0.4 is 5.32 Å². The Bertz CT molecular complexity index is 843. The van der Waals surface area contributed by atoms with Gasteiger partial charge in [0.1, 0.15) is 0 Å². The van der Waals surface area contributed by atoms with Crippen molar-refractivity contribution in [3.05, 3.63) is 46.4 Å². The molecule has 1 atom stereocenters. The van der Waals surface area contributed by atoms with Crippen LogP contribution in [0.1, 0.15) is 0 Å². The van der Waals surface area contributed by atoms with Crippen LogP contribution in [0.4, 0.5) is 0 Å². The van der Waals surface area contributed by atoms with Gasteiger partial charge in [-0.05, 0) is 36.4 Å². The van der Waals surface area contributed by atoms with Crippen LogP contribution in [0.15, 0.2) is 36.4 Å². The van der Waals surface area contributed by atoms with Crippen LogP contribution in [0, 0.1) is 0 Å². The Hall–Kier alpha value is -1.30. The molecule has 1 aliphatic heterocycles. The molecule has 2 heterocycles. The van der Waals surface area contributed by atoms with Gasteiger partial charge in [-0.2, -0.15) is 0 Å². The number of benzene rings is 2. The first-order valence-electron chi connectivity index (χ1n) is 8.60. The largest absolute Gasteiger partial charge is 0.390 e. The van der Waals surface area contributed by atoms with Crippen LogP contribution in [0.2, 0.25) is 10.0 Å². The second-order valence-electron chi connectivity index (χ2n) is 6.64. The van der Waals surface area contributed by atoms with Crippen molar-refractivity contribution in [3.8, 4) is 0 Å². The quantitative estimate of drug-likeness (QED) is 0.732. The number of nitrogens with one attached hydrogen (secondary N) is 1. The predicted octanol–water partition coefficient (Wildman–Crippen LogP) is 3.37. The summed E-state index contributed by atoms with van der Waals surface area (Å²) in [6.45, 7) is 5.17. The van der Waals surface area contributed by atoms with E-state index in [1.54, 1.807) is 0 Å². The van der Waals surface area contributed by atoms with E-state index >= 15 is 0 Å². The van der Waals surface area contributed by atoms with E-state index < -0.39 is 6.10 Å². The van der Waals surface area contributed by atoms with Crippen molar-refractivity contribution in [2.45, 2.75) is 12.6 Å². The number of aromatic nitrogens is 1. The molecule has 3 aromatic rings. The van der Waals surface area contributed by atoms with Crippen molar-refractivity contribution in [2.75, 3.05) is 32.7 Å². The van der Waals surface area contributed by atoms with Gasteiger partial charge in [0.05, 0.1) is 12.6 Å². The lowest BCUT2D eigenvalue weighted by molar-refractivity contribution is 0.0936. The Kier molecular flexibility index (Phi) is 4.89. The molecule has 4 rings (SSSR count). The maximum Gasteiger partial charge on any atom is 0.0845 e. The second-order valence-corrected chi connectivity index (χ2v) is 7.51. The Morgan fingerprint density at radius 2 is 1.48 bits per heavy atom. The second kappa shape index (κ2) is 7.14. The number of hydrogen-bond donors (Lipinski definition) is 2. The number of β-amino-alcohol motifs (C(OH)–C–C–N with tert-alkyl or cyclic N) is 1. The van der Waals surface area contributed by atoms with Crippen LogP contribution in [0.3, 0.4) is 0 Å². The SMILES string of the molecule is O[C@@H](CN1CCNCC1)Cn1c2ccc(Cl)cc2c2cc(Cl)ccc21. The van der Waals surface area contributed by atoms with E-state index in [-0.39, 0.29) is 0 Å². The van der Waals surface area contributed by atoms with E-state index in [2.05, 4.69) is 14.8 Å². The first kappa shape index (κ1) is 17.1. The topological polar surface area (TPSA) is 40.4 Å². The number of aliphatic hydroxyl groups excluding tert-OH is 1. The van der Waals surface area contributed by atoms with E-state index in [0.717, 1.165) is 48.0 Å². The fourth-order valence-corrected chi connectivity index (χ4v) is 4.05. The summed E-state index contributed by atoms with van der Waals surface area (Å²) in [5.74, 6) is 0. The molecule has 0 unspecified atom stereocenters. The highest BCUT2D eigenvalue weighted by molar-refractivity contribution is 6.33. The lowest BCUT2D eigenvalue weighted by Crippen LogP contribution is -2.46. The third kappa shape index (κ3) is 3.50. The highest BCUT2D eigenvalue weighted by atomic mass is 35.5. The molecule has 2 aromatic carbocycles. The molecular weight excluding hydrogens is 357 g/mol. The summed E-state index contributed by atoms with van der Waals surface area (Å²) in [4.78, 5) is 2.31. The molecular formula is C19H21Cl2N3O. The average Bonchev–Trinajstić information content (AvgIpc) is 2.88. The molecule has 0 amide bonds. The van der Waals surface area contributed by atoms with Crippen molar-refractivity contribution < 1.29 is 5.11 Å². The van der Waals surface area contributed by atoms with Gasteiger partial charge in [-0.15, -0.1) is 0 Å². The first-order valence-corrected chi connectivity index (χ1v) is 9.35. The summed E-state index contributed by atoms with van der Waals surface area (Å²) in [6, 6.07) is 11.8. The minimum atomic E-state index is -0.428. The average molecular weight is 378 g/mol. The van der Waals surface area contributed by atoms with Crippen molar-refractivity contribution in [1.29, 1.82) is 0 Å². The molecule has 25 heavy (non-hydrogen) atoms. The van der Waals surface area contributed by atoms with Gasteiger partial charge in [0.25, 0.3) is 0 Å². The Labute approximate surface area is 156 Å². The Morgan fingerprint density at radius 1 is 0.920 bits per heavy atom. The van der Waals surface area contributed by atoms with Crippen LogP contribution in [-0.2, 0) is 6.54 Å². The van der Waals surface area contributed by atoms with E-state index in [0.29, 0.717) is 23.1 Å². The van der Waals surface area contributed by atoms with Gasteiger partial charge in [0.15, 0.2) is 0 Å². The Balaban J connectivity index is 1.69. The zero-order chi connectivity index (χ0) is 17.4. The smallest absolute Gasteiger partial charge is 0.0845 e. The molecule has 1 aliphatic rings. The summed E-state index contributed by atoms with van der Waals surface area (Å²) in [7, 11) is 0. The molecule has 1 fully saturated rings. The molecule has 0 spiro atoms. The highest BCUT2D eigenvalue weighted by Crippen LogP contribution is 2.33. The summed E-state index contributed by atoms with van der Waals surface area (Å²) in [6.07, 6.45) is -0.428. The van der Waals surface area contributed by atoms with Crippen LogP contribution in [-0.4, -0.2) is 53.4 Å². The van der Waals surface area contributed by atoms with Gasteiger partial charge in [-0.1, -0.05) is 23.2 Å². The van der Waals surface area contributed by atoms with E-state index in [9.17, 15) is 5.11 Å². The van der Waals surface area contributed by atoms with Crippen molar-refractivity contribution in [2.24, 2.45) is 0 Å². The van der Waals surface area contributed by atoms with Gasteiger partial charge in [-0.3, -0.25) is 4.90 Å². The Morgan fingerprint density at radius 3 is 2.04 bits per heavy atom. The normalized spacial score (nSPS) is 17.4. The molecule has 0 aliphatic carbocycles. The summed E-state index contributed by atoms with van der Waals surface area (Å²) in [5.41, 5.74) is 2.14. The zero-order valence-electron chi connectivity index (χ0n) is 13.9. The molecule has 2 N–H and O–H groups in total. The molecule has 0 bridgehead atoms. The van der Waals surface area contributed by atoms with Crippen LogP contribution in [0.5, 0.6) is 0 Å². The number of hydrogen-bond acceptors (Lipinski definition) is 3. The lowest BCUT2D eigenvalue weighted by atomic mass is 10.1. The number of aliphatic hydroxyl groups is 1. The van der Waals surface area contributed by atoms with Crippen molar-refractivity contribution in [1.82, 2.24) is 14.8 Å². The van der Waals surface area contributed by atoms with E-state index in [1.165, 1.54) is 0 Å². The standard InChI is InChI=1S/C19H21Cl2N3O/c20-13-1-3-18-16(9-13)17-10-14(21)2-4-19(17)24(18)12-15(25)11-23-7-5-22-6-8-23/h1-4,9-10,15,22,25H,5-8,11-12H2/t15-/m0/s1. The lowest BCUT2D eigenvalue weighted by Gasteiger charge is -2.29. The third-order valence-corrected chi connectivity index (χ3v) is 5.33. The molecule has 132 valence electrons. The predicted molar refractivity (Wildman–Crippen MR) is 105 cm³/mol. The molecule has 6 heteroatoms. The maximum absolute atomic E-state index is 10.7. The van der Waals surface area contributed by atoms with Gasteiger partial charge in [-0.25, -0.2) is 0 Å². The monoisotopic (exact) mass is 377 g/mol. The first-order chi connectivity index (χ1) is 12.1. The summed E-state index contributed by atoms with van der Waals surface area (Å²) < 4.78 is 2.17. The number of nitrogens with zero attached hydrogens (tertiary/aromatic N) is 2. The van der Waals surface area contributed by atoms with E-state index in [4.69, 9.17) is 23.2 Å². The fraction of sp³-hybridized carbons (Fsp3) is 0.368. The number of piperazine rings is 1. The van der Waals surface area contributed by atoms with Gasteiger partial charge < -0.3 is 15.0 Å². The van der Waals surface area contributed by atoms with Crippen molar-refractivity contribution >= 4 is 45.0 Å². The van der Waals surface area contributed by atoms with Crippen molar-refractivity contribution in [3.63, 3.8) is 0 Å². The molecule has 4 nitrogen and oxygen atoms in total. The fourth-order valence-electron chi connectivity index (χ4n) is 3.71. The molecule has 1 saturated heterocycles. The highest BCUT2D eigenvalue weighted by Gasteiger charge is 2.18. The molecule has 1 aromatic heterocycles. The summed E-state index contributed by atoms with van der Waals surface area (Å²) >= 11 is 12.4. The molecule has 0 saturated carbocycles. The van der Waals surface area contributed by atoms with Crippen LogP contribution in [0.25, 0.3) is 21.8 Å². The number of rotatable bonds is 4. The number of halogens is 2. The van der Waals surface area contributed by atoms with Gasteiger partial charge >= 0.3 is 0 Å². The third-order valence-electron chi connectivity index (χ3n) is 4.86. The zero-order valence-corrected chi connectivity index (χ0v) is 15.4. The minimum absolute atomic E-state index is 0.428. The van der Waals surface area contributed by atoms with E-state index in [1.807, 2.05) is 36.4 Å². The maximum atomic E-state index is 10.7. The molecule has 0 radical (unpaired) electrons. The van der Waals surface area contributed by atoms with Gasteiger partial charge in [0, 0.05) is 64.6 Å². The van der Waals surface area contributed by atoms with Gasteiger partial charge in [0.2, 0.25) is 0 Å². The minimum Gasteiger partial charge on any atom is -0.390 e. The van der Waals surface area contributed by atoms with Crippen LogP contribution >= 0.6 is 23.2 Å². The number of fused-ring (bicyclic) bond motifs is 3.